The fourth-order valence-electron chi connectivity index (χ4n) is 1.16. The molecule has 0 bridgehead atoms. The van der Waals surface area contributed by atoms with Crippen LogP contribution in [0.2, 0.25) is 0 Å². The van der Waals surface area contributed by atoms with Crippen molar-refractivity contribution in [3.05, 3.63) is 30.1 Å². The number of nitrogens with zero attached hydrogens (tertiary/aromatic N) is 2. The van der Waals surface area contributed by atoms with E-state index in [4.69, 9.17) is 0 Å². The van der Waals surface area contributed by atoms with Crippen molar-refractivity contribution in [2.24, 2.45) is 0 Å². The van der Waals surface area contributed by atoms with Gasteiger partial charge in [-0.05, 0) is 24.7 Å². The summed E-state index contributed by atoms with van der Waals surface area (Å²) in [5, 5.41) is 0. The lowest BCUT2D eigenvalue weighted by molar-refractivity contribution is -0.144. The molecule has 0 spiro atoms. The van der Waals surface area contributed by atoms with Crippen molar-refractivity contribution in [2.75, 3.05) is 13.6 Å². The van der Waals surface area contributed by atoms with Crippen molar-refractivity contribution in [3.63, 3.8) is 0 Å². The van der Waals surface area contributed by atoms with Crippen LogP contribution >= 0.6 is 0 Å². The average Bonchev–Trinajstić information content (AvgIpc) is 2.02. The first kappa shape index (κ1) is 11.0. The van der Waals surface area contributed by atoms with E-state index in [1.807, 2.05) is 0 Å². The Morgan fingerprint density at radius 1 is 1.29 bits per heavy atom. The van der Waals surface area contributed by atoms with Crippen LogP contribution in [0.1, 0.15) is 5.56 Å². The molecule has 1 heterocycles. The molecule has 0 aliphatic rings. The lowest BCUT2D eigenvalue weighted by atomic mass is 10.2. The fraction of sp³-hybridized carbons (Fsp3) is 0.444. The zero-order valence-electron chi connectivity index (χ0n) is 7.75. The van der Waals surface area contributed by atoms with Crippen molar-refractivity contribution >= 4 is 0 Å². The summed E-state index contributed by atoms with van der Waals surface area (Å²) in [7, 11) is 1.44. The minimum absolute atomic E-state index is 0.280. The quantitative estimate of drug-likeness (QED) is 0.749. The summed E-state index contributed by atoms with van der Waals surface area (Å²) < 4.78 is 35.9. The number of hydrogen-bond acceptors (Lipinski definition) is 2. The smallest absolute Gasteiger partial charge is 0.294 e. The van der Waals surface area contributed by atoms with Gasteiger partial charge in [-0.3, -0.25) is 9.88 Å². The molecule has 0 fully saturated rings. The first-order valence-electron chi connectivity index (χ1n) is 4.11. The van der Waals surface area contributed by atoms with Crippen molar-refractivity contribution in [2.45, 2.75) is 12.7 Å². The normalized spacial score (nSPS) is 12.1. The minimum atomic E-state index is -4.14. The SMILES string of the molecule is CN(Cc1ccncc1)CC(F)(F)F. The molecule has 78 valence electrons. The third-order valence-electron chi connectivity index (χ3n) is 1.65. The Morgan fingerprint density at radius 3 is 2.36 bits per heavy atom. The highest BCUT2D eigenvalue weighted by molar-refractivity contribution is 5.09. The van der Waals surface area contributed by atoms with Crippen molar-refractivity contribution in [3.8, 4) is 0 Å². The monoisotopic (exact) mass is 204 g/mol. The van der Waals surface area contributed by atoms with Gasteiger partial charge in [0.15, 0.2) is 0 Å². The second-order valence-corrected chi connectivity index (χ2v) is 3.14. The molecule has 1 aromatic heterocycles. The molecule has 0 N–H and O–H groups in total. The molecule has 0 unspecified atom stereocenters. The van der Waals surface area contributed by atoms with Crippen LogP contribution in [-0.2, 0) is 6.54 Å². The minimum Gasteiger partial charge on any atom is -0.294 e. The van der Waals surface area contributed by atoms with Crippen molar-refractivity contribution in [1.29, 1.82) is 0 Å². The highest BCUT2D eigenvalue weighted by Crippen LogP contribution is 2.16. The van der Waals surface area contributed by atoms with E-state index in [0.717, 1.165) is 5.56 Å². The lowest BCUT2D eigenvalue weighted by Crippen LogP contribution is -2.30. The van der Waals surface area contributed by atoms with Crippen LogP contribution in [-0.4, -0.2) is 29.7 Å². The average molecular weight is 204 g/mol. The Labute approximate surface area is 80.4 Å². The van der Waals surface area contributed by atoms with E-state index in [2.05, 4.69) is 4.98 Å². The summed E-state index contributed by atoms with van der Waals surface area (Å²) in [6, 6.07) is 3.40. The number of pyridine rings is 1. The molecule has 0 saturated heterocycles. The topological polar surface area (TPSA) is 16.1 Å². The van der Waals surface area contributed by atoms with Gasteiger partial charge in [-0.15, -0.1) is 0 Å². The van der Waals surface area contributed by atoms with Crippen LogP contribution in [0.5, 0.6) is 0 Å². The molecular formula is C9H11F3N2. The number of aromatic nitrogens is 1. The van der Waals surface area contributed by atoms with Gasteiger partial charge in [0, 0.05) is 18.9 Å². The third-order valence-corrected chi connectivity index (χ3v) is 1.65. The highest BCUT2D eigenvalue weighted by atomic mass is 19.4. The summed E-state index contributed by atoms with van der Waals surface area (Å²) in [5.74, 6) is 0. The molecule has 14 heavy (non-hydrogen) atoms. The Bertz CT molecular complexity index is 271. The van der Waals surface area contributed by atoms with Gasteiger partial charge in [-0.2, -0.15) is 13.2 Å². The third kappa shape index (κ3) is 4.23. The fourth-order valence-corrected chi connectivity index (χ4v) is 1.16. The van der Waals surface area contributed by atoms with Gasteiger partial charge in [0.2, 0.25) is 0 Å². The van der Waals surface area contributed by atoms with E-state index in [-0.39, 0.29) is 6.54 Å². The van der Waals surface area contributed by atoms with Crippen LogP contribution in [0.3, 0.4) is 0 Å². The molecule has 0 saturated carbocycles. The maximum atomic E-state index is 12.0. The predicted octanol–water partition coefficient (Wildman–Crippen LogP) is 2.08. The van der Waals surface area contributed by atoms with E-state index in [0.29, 0.717) is 0 Å². The molecule has 5 heteroatoms. The number of halogens is 3. The standard InChI is InChI=1S/C9H11F3N2/c1-14(7-9(10,11)12)6-8-2-4-13-5-3-8/h2-5H,6-7H2,1H3. The van der Waals surface area contributed by atoms with Crippen molar-refractivity contribution < 1.29 is 13.2 Å². The molecule has 1 rings (SSSR count). The molecule has 1 aromatic rings. The summed E-state index contributed by atoms with van der Waals surface area (Å²) in [5.41, 5.74) is 0.826. The maximum absolute atomic E-state index is 12.0. The van der Waals surface area contributed by atoms with Gasteiger partial charge in [0.05, 0.1) is 6.54 Å². The Kier molecular flexibility index (Phi) is 3.46. The van der Waals surface area contributed by atoms with E-state index in [1.165, 1.54) is 11.9 Å². The number of hydrogen-bond donors (Lipinski definition) is 0. The zero-order chi connectivity index (χ0) is 10.6. The van der Waals surface area contributed by atoms with E-state index in [9.17, 15) is 13.2 Å². The summed E-state index contributed by atoms with van der Waals surface area (Å²) in [4.78, 5) is 5.00. The van der Waals surface area contributed by atoms with Gasteiger partial charge in [-0.1, -0.05) is 0 Å². The summed E-state index contributed by atoms with van der Waals surface area (Å²) in [6.07, 6.45) is -1.00. The Balaban J connectivity index is 2.46. The number of alkyl halides is 3. The molecule has 0 amide bonds. The number of rotatable bonds is 3. The molecule has 0 atom stereocenters. The molecular weight excluding hydrogens is 193 g/mol. The first-order valence-corrected chi connectivity index (χ1v) is 4.11. The van der Waals surface area contributed by atoms with Gasteiger partial charge in [0.25, 0.3) is 0 Å². The summed E-state index contributed by atoms with van der Waals surface area (Å²) >= 11 is 0. The molecule has 0 aromatic carbocycles. The molecule has 2 nitrogen and oxygen atoms in total. The van der Waals surface area contributed by atoms with Crippen LogP contribution in [0.15, 0.2) is 24.5 Å². The van der Waals surface area contributed by atoms with Crippen LogP contribution in [0.25, 0.3) is 0 Å². The largest absolute Gasteiger partial charge is 0.401 e. The molecule has 0 aliphatic carbocycles. The molecule has 0 aliphatic heterocycles. The maximum Gasteiger partial charge on any atom is 0.401 e. The van der Waals surface area contributed by atoms with Crippen LogP contribution in [0, 0.1) is 0 Å². The second-order valence-electron chi connectivity index (χ2n) is 3.14. The lowest BCUT2D eigenvalue weighted by Gasteiger charge is -2.18. The van der Waals surface area contributed by atoms with Gasteiger partial charge < -0.3 is 0 Å². The molecule has 0 radical (unpaired) electrons. The van der Waals surface area contributed by atoms with Crippen molar-refractivity contribution in [1.82, 2.24) is 9.88 Å². The predicted molar refractivity (Wildman–Crippen MR) is 46.6 cm³/mol. The van der Waals surface area contributed by atoms with E-state index < -0.39 is 12.7 Å². The van der Waals surface area contributed by atoms with Gasteiger partial charge in [0.1, 0.15) is 0 Å². The summed E-state index contributed by atoms with van der Waals surface area (Å²) in [6.45, 7) is -0.614. The highest BCUT2D eigenvalue weighted by Gasteiger charge is 2.28. The Morgan fingerprint density at radius 2 is 1.86 bits per heavy atom. The van der Waals surface area contributed by atoms with Crippen LogP contribution < -0.4 is 0 Å². The first-order chi connectivity index (χ1) is 6.47. The Hall–Kier alpha value is -1.10. The van der Waals surface area contributed by atoms with E-state index in [1.54, 1.807) is 24.5 Å². The second kappa shape index (κ2) is 4.41. The van der Waals surface area contributed by atoms with Gasteiger partial charge >= 0.3 is 6.18 Å². The van der Waals surface area contributed by atoms with E-state index >= 15 is 0 Å². The van der Waals surface area contributed by atoms with Crippen LogP contribution in [0.4, 0.5) is 13.2 Å². The van der Waals surface area contributed by atoms with Gasteiger partial charge in [-0.25, -0.2) is 0 Å². The zero-order valence-corrected chi connectivity index (χ0v) is 7.75.